The van der Waals surface area contributed by atoms with Crippen LogP contribution >= 0.6 is 0 Å². The summed E-state index contributed by atoms with van der Waals surface area (Å²) in [5, 5.41) is 20.9. The second kappa shape index (κ2) is 12.6. The third-order valence-electron chi connectivity index (χ3n) is 7.64. The van der Waals surface area contributed by atoms with Crippen molar-refractivity contribution in [2.75, 3.05) is 11.4 Å². The van der Waals surface area contributed by atoms with Gasteiger partial charge in [-0.1, -0.05) is 6.92 Å². The Morgan fingerprint density at radius 3 is 2.02 bits per heavy atom. The van der Waals surface area contributed by atoms with Gasteiger partial charge in [-0.15, -0.1) is 0 Å². The van der Waals surface area contributed by atoms with Crippen molar-refractivity contribution in [3.05, 3.63) is 87.5 Å². The van der Waals surface area contributed by atoms with Gasteiger partial charge in [0.2, 0.25) is 0 Å². The first-order valence-corrected chi connectivity index (χ1v) is 13.7. The lowest BCUT2D eigenvalue weighted by atomic mass is 9.80. The lowest BCUT2D eigenvalue weighted by molar-refractivity contribution is -0.143. The third kappa shape index (κ3) is 7.45. The zero-order chi connectivity index (χ0) is 36.0. The summed E-state index contributed by atoms with van der Waals surface area (Å²) in [5.41, 5.74) is -2.11. The number of hydrogen-bond acceptors (Lipinski definition) is 6. The Morgan fingerprint density at radius 1 is 0.938 bits per heavy atom. The molecule has 2 heterocycles. The highest BCUT2D eigenvalue weighted by Crippen LogP contribution is 2.47. The van der Waals surface area contributed by atoms with E-state index >= 15 is 0 Å². The summed E-state index contributed by atoms with van der Waals surface area (Å²) in [6.45, 7) is 0.547. The number of carboxylic acid groups (broad SMARTS) is 2. The predicted octanol–water partition coefficient (Wildman–Crippen LogP) is 6.02. The van der Waals surface area contributed by atoms with E-state index in [1.165, 1.54) is 6.92 Å². The summed E-state index contributed by atoms with van der Waals surface area (Å²) in [6.07, 6.45) is -17.6. The first-order chi connectivity index (χ1) is 22.0. The molecule has 2 aromatic carbocycles. The molecule has 1 aromatic heterocycles. The van der Waals surface area contributed by atoms with Crippen molar-refractivity contribution in [3.63, 3.8) is 0 Å². The van der Waals surface area contributed by atoms with E-state index in [-0.39, 0.29) is 23.7 Å². The van der Waals surface area contributed by atoms with Crippen molar-refractivity contribution in [1.29, 1.82) is 0 Å². The molecule has 1 aliphatic rings. The zero-order valence-electron chi connectivity index (χ0n) is 24.4. The summed E-state index contributed by atoms with van der Waals surface area (Å²) < 4.78 is 123. The monoisotopic (exact) mass is 693 g/mol. The number of aromatic nitrogens is 2. The van der Waals surface area contributed by atoms with Crippen LogP contribution in [0.4, 0.5) is 50.0 Å². The molecule has 2 amide bonds. The van der Waals surface area contributed by atoms with Crippen LogP contribution in [0.25, 0.3) is 0 Å². The molecule has 0 spiro atoms. The molecule has 0 unspecified atom stereocenters. The molecule has 10 nitrogen and oxygen atoms in total. The van der Waals surface area contributed by atoms with Gasteiger partial charge in [0.05, 0.1) is 33.6 Å². The summed E-state index contributed by atoms with van der Waals surface area (Å²) in [7, 11) is 0. The summed E-state index contributed by atoms with van der Waals surface area (Å²) in [4.78, 5) is 45.1. The van der Waals surface area contributed by atoms with E-state index in [0.717, 1.165) is 12.3 Å². The van der Waals surface area contributed by atoms with Crippen LogP contribution in [0.1, 0.15) is 75.4 Å². The van der Waals surface area contributed by atoms with E-state index in [4.69, 9.17) is 10.8 Å². The van der Waals surface area contributed by atoms with Crippen LogP contribution in [-0.4, -0.2) is 50.4 Å². The highest BCUT2D eigenvalue weighted by Gasteiger charge is 2.47. The van der Waals surface area contributed by atoms with Crippen LogP contribution in [0.5, 0.6) is 0 Å². The van der Waals surface area contributed by atoms with Gasteiger partial charge in [0.1, 0.15) is 18.0 Å². The van der Waals surface area contributed by atoms with Gasteiger partial charge in [0.25, 0.3) is 5.91 Å². The number of halogens is 9. The molecule has 19 heteroatoms. The molecule has 3 aromatic rings. The fourth-order valence-corrected chi connectivity index (χ4v) is 5.33. The van der Waals surface area contributed by atoms with Gasteiger partial charge in [-0.2, -0.15) is 39.5 Å². The van der Waals surface area contributed by atoms with Crippen LogP contribution in [0.3, 0.4) is 0 Å². The zero-order valence-corrected chi connectivity index (χ0v) is 24.4. The van der Waals surface area contributed by atoms with Gasteiger partial charge in [0, 0.05) is 18.5 Å². The fraction of sp³-hybridized carbons (Fsp3) is 0.345. The minimum Gasteiger partial charge on any atom is -0.480 e. The first-order valence-electron chi connectivity index (χ1n) is 13.7. The quantitative estimate of drug-likeness (QED) is 0.219. The lowest BCUT2D eigenvalue weighted by Crippen LogP contribution is -2.61. The second-order valence-corrected chi connectivity index (χ2v) is 10.9. The number of carbonyl (C=O) groups excluding carboxylic acids is 1. The number of nitrogens with one attached hydrogen (secondary N) is 1. The van der Waals surface area contributed by atoms with Gasteiger partial charge in [-0.3, -0.25) is 14.5 Å². The van der Waals surface area contributed by atoms with Gasteiger partial charge in [-0.25, -0.2) is 14.8 Å². The molecule has 1 aliphatic heterocycles. The molecular formula is C29H24F9N5O5. The molecule has 0 bridgehead atoms. The van der Waals surface area contributed by atoms with E-state index in [1.54, 1.807) is 0 Å². The number of carboxylic acids is 1. The highest BCUT2D eigenvalue weighted by atomic mass is 19.4. The van der Waals surface area contributed by atoms with E-state index in [9.17, 15) is 59.0 Å². The number of hydrogen-bond donors (Lipinski definition) is 4. The van der Waals surface area contributed by atoms with E-state index in [1.807, 2.05) is 5.32 Å². The largest absolute Gasteiger partial charge is 0.480 e. The Kier molecular flexibility index (Phi) is 9.41. The summed E-state index contributed by atoms with van der Waals surface area (Å²) in [5.74, 6) is -4.40. The molecule has 258 valence electrons. The fourth-order valence-electron chi connectivity index (χ4n) is 5.33. The Balaban J connectivity index is 1.95. The molecule has 0 saturated carbocycles. The number of alkyl halides is 9. The molecule has 0 fully saturated rings. The van der Waals surface area contributed by atoms with Crippen molar-refractivity contribution in [2.24, 2.45) is 5.73 Å². The number of nitrogens with two attached hydrogens (primary N) is 1. The molecule has 5 N–H and O–H groups in total. The number of rotatable bonds is 7. The lowest BCUT2D eigenvalue weighted by Gasteiger charge is -2.46. The van der Waals surface area contributed by atoms with Gasteiger partial charge < -0.3 is 21.3 Å². The Hall–Kier alpha value is -4.94. The molecule has 0 aliphatic carbocycles. The maximum Gasteiger partial charge on any atom is 0.416 e. The minimum absolute atomic E-state index is 0.0801. The van der Waals surface area contributed by atoms with Crippen molar-refractivity contribution >= 4 is 23.7 Å². The number of anilines is 1. The first kappa shape index (κ1) is 35.9. The van der Waals surface area contributed by atoms with Crippen molar-refractivity contribution in [2.45, 2.75) is 56.3 Å². The Bertz CT molecular complexity index is 1730. The maximum absolute atomic E-state index is 13.7. The average molecular weight is 694 g/mol. The van der Waals surface area contributed by atoms with E-state index in [0.29, 0.717) is 29.2 Å². The number of nitrogens with zero attached hydrogens (tertiary/aromatic N) is 3. The third-order valence-corrected chi connectivity index (χ3v) is 7.64. The van der Waals surface area contributed by atoms with E-state index in [2.05, 4.69) is 9.97 Å². The van der Waals surface area contributed by atoms with Crippen molar-refractivity contribution < 1.29 is 64.1 Å². The van der Waals surface area contributed by atoms with E-state index < -0.39 is 107 Å². The number of fused-ring (bicyclic) bond motifs is 1. The van der Waals surface area contributed by atoms with Gasteiger partial charge >= 0.3 is 30.6 Å². The molecule has 2 atom stereocenters. The number of amides is 2. The Morgan fingerprint density at radius 2 is 1.52 bits per heavy atom. The van der Waals surface area contributed by atoms with Crippen LogP contribution in [0.2, 0.25) is 0 Å². The second-order valence-electron chi connectivity index (χ2n) is 10.9. The Labute approximate surface area is 264 Å². The molecule has 0 saturated heterocycles. The molecular weight excluding hydrogens is 669 g/mol. The standard InChI is InChI=1S/C29H24F9N5O5/c1-2-26(39)10-18(17-9-14(27(30,31)32)3-4-21(17)43(26)25(47)48)23-40-11-19(24(46)41-12-22(44)45)20(42-23)7-13-5-15(28(33,34)35)8-16(6-13)29(36,37)38/h3-6,8-9,11,18H,2,7,10,12,39H2,1H3,(H,41,46)(H,44,45)(H,47,48)/t18-,26+/m0/s1. The normalized spacial score (nSPS) is 18.3. The number of carbonyl (C=O) groups is 3. The van der Waals surface area contributed by atoms with Crippen LogP contribution in [-0.2, 0) is 29.7 Å². The van der Waals surface area contributed by atoms with Gasteiger partial charge in [0.15, 0.2) is 0 Å². The maximum atomic E-state index is 13.7. The topological polar surface area (TPSA) is 159 Å². The van der Waals surface area contributed by atoms with Crippen LogP contribution < -0.4 is 16.0 Å². The average Bonchev–Trinajstić information content (AvgIpc) is 2.97. The molecule has 0 radical (unpaired) electrons. The number of aliphatic carboxylic acids is 1. The van der Waals surface area contributed by atoms with Crippen LogP contribution in [0, 0.1) is 0 Å². The predicted molar refractivity (Wildman–Crippen MR) is 147 cm³/mol. The van der Waals surface area contributed by atoms with Gasteiger partial charge in [-0.05, 0) is 60.4 Å². The smallest absolute Gasteiger partial charge is 0.416 e. The van der Waals surface area contributed by atoms with Crippen LogP contribution in [0.15, 0.2) is 42.6 Å². The summed E-state index contributed by atoms with van der Waals surface area (Å²) in [6, 6.07) is 2.80. The minimum atomic E-state index is -5.23. The van der Waals surface area contributed by atoms with Crippen molar-refractivity contribution in [3.8, 4) is 0 Å². The highest BCUT2D eigenvalue weighted by molar-refractivity contribution is 5.96. The molecule has 4 rings (SSSR count). The number of benzene rings is 2. The summed E-state index contributed by atoms with van der Waals surface area (Å²) >= 11 is 0. The van der Waals surface area contributed by atoms with Crippen molar-refractivity contribution in [1.82, 2.24) is 15.3 Å². The molecule has 48 heavy (non-hydrogen) atoms. The SMILES string of the molecule is CC[C@]1(N)C[C@H](c2ncc(C(=O)NCC(=O)O)c(Cc3cc(C(F)(F)F)cc(C(F)(F)F)c3)n2)c2cc(C(F)(F)F)ccc2N1C(=O)O.